The molecule has 174 valence electrons. The van der Waals surface area contributed by atoms with Crippen molar-refractivity contribution in [1.29, 1.82) is 0 Å². The standard InChI is InChI=1S/C26H24F2N4OS/c27-20-15-19(16-21(28)17-20)26(33)29-22-7-5-18(6-8-22)9-10-31-11-13-32(14-12-31)25-23-3-1-2-4-24(23)34-30-25/h1-8,15-17H,9-14H2,(H,29,33). The zero-order chi connectivity index (χ0) is 23.5. The van der Waals surface area contributed by atoms with Crippen molar-refractivity contribution in [1.82, 2.24) is 9.27 Å². The summed E-state index contributed by atoms with van der Waals surface area (Å²) in [5, 5.41) is 3.91. The van der Waals surface area contributed by atoms with Gasteiger partial charge in [-0.25, -0.2) is 8.78 Å². The first-order valence-electron chi connectivity index (χ1n) is 11.2. The first-order chi connectivity index (χ1) is 16.5. The number of nitrogens with zero attached hydrogens (tertiary/aromatic N) is 3. The minimum absolute atomic E-state index is 0.0497. The van der Waals surface area contributed by atoms with Gasteiger partial charge in [-0.1, -0.05) is 24.3 Å². The molecule has 5 nitrogen and oxygen atoms in total. The molecule has 1 fully saturated rings. The second-order valence-corrected chi connectivity index (χ2v) is 9.20. The van der Waals surface area contributed by atoms with E-state index in [-0.39, 0.29) is 5.56 Å². The molecule has 3 aromatic carbocycles. The van der Waals surface area contributed by atoms with E-state index < -0.39 is 17.5 Å². The SMILES string of the molecule is O=C(Nc1ccc(CCN2CCN(c3nsc4ccccc34)CC2)cc1)c1cc(F)cc(F)c1. The van der Waals surface area contributed by atoms with Crippen LogP contribution < -0.4 is 10.2 Å². The van der Waals surface area contributed by atoms with E-state index in [0.29, 0.717) is 5.69 Å². The zero-order valence-corrected chi connectivity index (χ0v) is 19.3. The molecule has 1 aromatic heterocycles. The van der Waals surface area contributed by atoms with Crippen molar-refractivity contribution in [3.05, 3.63) is 89.5 Å². The van der Waals surface area contributed by atoms with Gasteiger partial charge >= 0.3 is 0 Å². The van der Waals surface area contributed by atoms with Crippen molar-refractivity contribution in [2.75, 3.05) is 42.9 Å². The van der Waals surface area contributed by atoms with E-state index in [4.69, 9.17) is 0 Å². The second-order valence-electron chi connectivity index (χ2n) is 8.39. The lowest BCUT2D eigenvalue weighted by Gasteiger charge is -2.35. The molecular formula is C26H24F2N4OS. The number of halogens is 2. The van der Waals surface area contributed by atoms with Crippen LogP contribution in [0.1, 0.15) is 15.9 Å². The van der Waals surface area contributed by atoms with E-state index >= 15 is 0 Å². The van der Waals surface area contributed by atoms with Crippen molar-refractivity contribution in [2.45, 2.75) is 6.42 Å². The maximum Gasteiger partial charge on any atom is 0.255 e. The van der Waals surface area contributed by atoms with Gasteiger partial charge in [-0.2, -0.15) is 4.37 Å². The van der Waals surface area contributed by atoms with E-state index in [1.165, 1.54) is 15.6 Å². The third-order valence-electron chi connectivity index (χ3n) is 6.08. The Labute approximate surface area is 200 Å². The van der Waals surface area contributed by atoms with Gasteiger partial charge in [-0.05, 0) is 59.9 Å². The summed E-state index contributed by atoms with van der Waals surface area (Å²) in [4.78, 5) is 17.1. The molecule has 0 atom stereocenters. The summed E-state index contributed by atoms with van der Waals surface area (Å²) in [5.41, 5.74) is 1.71. The highest BCUT2D eigenvalue weighted by molar-refractivity contribution is 7.13. The summed E-state index contributed by atoms with van der Waals surface area (Å²) < 4.78 is 32.6. The number of carbonyl (C=O) groups is 1. The Kier molecular flexibility index (Phi) is 6.51. The Hall–Kier alpha value is -3.36. The van der Waals surface area contributed by atoms with Crippen LogP contribution in [-0.2, 0) is 6.42 Å². The van der Waals surface area contributed by atoms with E-state index in [9.17, 15) is 13.6 Å². The van der Waals surface area contributed by atoms with Gasteiger partial charge in [-0.15, -0.1) is 0 Å². The minimum atomic E-state index is -0.777. The molecular weight excluding hydrogens is 454 g/mol. The molecule has 8 heteroatoms. The molecule has 0 unspecified atom stereocenters. The van der Waals surface area contributed by atoms with Crippen LogP contribution in [0.25, 0.3) is 10.1 Å². The lowest BCUT2D eigenvalue weighted by molar-refractivity contribution is 0.102. The predicted octanol–water partition coefficient (Wildman–Crippen LogP) is 5.19. The molecule has 0 radical (unpaired) electrons. The molecule has 1 amide bonds. The van der Waals surface area contributed by atoms with E-state index in [0.717, 1.165) is 63.2 Å². The third kappa shape index (κ3) is 5.08. The number of hydrogen-bond acceptors (Lipinski definition) is 5. The van der Waals surface area contributed by atoms with Crippen LogP contribution in [0.2, 0.25) is 0 Å². The van der Waals surface area contributed by atoms with Crippen molar-refractivity contribution in [3.8, 4) is 0 Å². The molecule has 1 aliphatic rings. The summed E-state index contributed by atoms with van der Waals surface area (Å²) in [7, 11) is 0. The van der Waals surface area contributed by atoms with Crippen LogP contribution >= 0.6 is 11.5 Å². The molecule has 0 saturated carbocycles. The molecule has 0 spiro atoms. The largest absolute Gasteiger partial charge is 0.353 e. The topological polar surface area (TPSA) is 48.5 Å². The van der Waals surface area contributed by atoms with E-state index in [1.54, 1.807) is 11.5 Å². The van der Waals surface area contributed by atoms with Crippen LogP contribution in [-0.4, -0.2) is 47.9 Å². The highest BCUT2D eigenvalue weighted by atomic mass is 32.1. The molecule has 1 saturated heterocycles. The second kappa shape index (κ2) is 9.87. The number of rotatable bonds is 6. The Morgan fingerprint density at radius 1 is 0.941 bits per heavy atom. The fraction of sp³-hybridized carbons (Fsp3) is 0.231. The number of piperazine rings is 1. The number of aromatic nitrogens is 1. The number of benzene rings is 3. The van der Waals surface area contributed by atoms with Crippen molar-refractivity contribution in [3.63, 3.8) is 0 Å². The molecule has 1 aliphatic heterocycles. The summed E-state index contributed by atoms with van der Waals surface area (Å²) in [6.45, 7) is 4.85. The van der Waals surface area contributed by atoms with Crippen LogP contribution in [0.15, 0.2) is 66.7 Å². The smallest absolute Gasteiger partial charge is 0.255 e. The zero-order valence-electron chi connectivity index (χ0n) is 18.5. The number of fused-ring (bicyclic) bond motifs is 1. The fourth-order valence-electron chi connectivity index (χ4n) is 4.21. The minimum Gasteiger partial charge on any atom is -0.353 e. The average molecular weight is 479 g/mol. The highest BCUT2D eigenvalue weighted by Gasteiger charge is 2.20. The number of amides is 1. The predicted molar refractivity (Wildman–Crippen MR) is 133 cm³/mol. The van der Waals surface area contributed by atoms with Gasteiger partial charge in [0, 0.05) is 55.4 Å². The molecule has 5 rings (SSSR count). The van der Waals surface area contributed by atoms with Gasteiger partial charge in [0.15, 0.2) is 0 Å². The van der Waals surface area contributed by atoms with Gasteiger partial charge in [0.25, 0.3) is 5.91 Å². The van der Waals surface area contributed by atoms with Gasteiger partial charge in [-0.3, -0.25) is 9.69 Å². The maximum atomic E-state index is 13.3. The Morgan fingerprint density at radius 3 is 2.38 bits per heavy atom. The third-order valence-corrected chi connectivity index (χ3v) is 6.90. The van der Waals surface area contributed by atoms with Gasteiger partial charge in [0.1, 0.15) is 17.5 Å². The number of anilines is 2. The van der Waals surface area contributed by atoms with Crippen molar-refractivity contribution >= 4 is 39.0 Å². The van der Waals surface area contributed by atoms with Gasteiger partial charge in [0.2, 0.25) is 0 Å². The van der Waals surface area contributed by atoms with E-state index in [1.807, 2.05) is 30.3 Å². The van der Waals surface area contributed by atoms with Crippen molar-refractivity contribution < 1.29 is 13.6 Å². The van der Waals surface area contributed by atoms with Crippen molar-refractivity contribution in [2.24, 2.45) is 0 Å². The summed E-state index contributed by atoms with van der Waals surface area (Å²) >= 11 is 1.56. The quantitative estimate of drug-likeness (QED) is 0.414. The molecule has 4 aromatic rings. The molecule has 0 aliphatic carbocycles. The summed E-state index contributed by atoms with van der Waals surface area (Å²) in [6, 6.07) is 18.7. The summed E-state index contributed by atoms with van der Waals surface area (Å²) in [6.07, 6.45) is 0.906. The highest BCUT2D eigenvalue weighted by Crippen LogP contribution is 2.29. The number of nitrogens with one attached hydrogen (secondary N) is 1. The monoisotopic (exact) mass is 478 g/mol. The lowest BCUT2D eigenvalue weighted by atomic mass is 10.1. The Bertz CT molecular complexity index is 1280. The Morgan fingerprint density at radius 2 is 1.65 bits per heavy atom. The van der Waals surface area contributed by atoms with E-state index in [2.05, 4.69) is 37.7 Å². The normalized spacial score (nSPS) is 14.5. The molecule has 2 heterocycles. The van der Waals surface area contributed by atoms with Gasteiger partial charge in [0.05, 0.1) is 4.70 Å². The molecule has 1 N–H and O–H groups in total. The maximum absolute atomic E-state index is 13.3. The molecule has 34 heavy (non-hydrogen) atoms. The summed E-state index contributed by atoms with van der Waals surface area (Å²) in [5.74, 6) is -1.00. The molecule has 0 bridgehead atoms. The first-order valence-corrected chi connectivity index (χ1v) is 12.0. The fourth-order valence-corrected chi connectivity index (χ4v) is 5.01. The van der Waals surface area contributed by atoms with Crippen LogP contribution in [0.4, 0.5) is 20.3 Å². The van der Waals surface area contributed by atoms with Crippen LogP contribution in [0, 0.1) is 11.6 Å². The lowest BCUT2D eigenvalue weighted by Crippen LogP contribution is -2.47. The van der Waals surface area contributed by atoms with Crippen LogP contribution in [0.3, 0.4) is 0 Å². The van der Waals surface area contributed by atoms with Gasteiger partial charge < -0.3 is 10.2 Å². The average Bonchev–Trinajstić information content (AvgIpc) is 3.27. The number of carbonyl (C=O) groups excluding carboxylic acids is 1. The Balaban J connectivity index is 1.11. The first kappa shape index (κ1) is 22.4. The van der Waals surface area contributed by atoms with Crippen LogP contribution in [0.5, 0.6) is 0 Å². The number of hydrogen-bond donors (Lipinski definition) is 1.